The zero-order chi connectivity index (χ0) is 19.2. The van der Waals surface area contributed by atoms with Gasteiger partial charge in [0.05, 0.1) is 17.1 Å². The number of nitrogens with zero attached hydrogens (tertiary/aromatic N) is 1. The molecule has 0 spiro atoms. The van der Waals surface area contributed by atoms with E-state index in [1.807, 2.05) is 24.3 Å². The molecule has 0 aliphatic heterocycles. The molecular weight excluding hydrogens is 354 g/mol. The molecule has 0 saturated heterocycles. The Kier molecular flexibility index (Phi) is 6.56. The van der Waals surface area contributed by atoms with Crippen molar-refractivity contribution in [3.05, 3.63) is 65.0 Å². The molecule has 0 aliphatic rings. The molecule has 2 aromatic carbocycles. The van der Waals surface area contributed by atoms with Crippen LogP contribution in [0.4, 0.5) is 0 Å². The molecule has 2 N–H and O–H groups in total. The Morgan fingerprint density at radius 1 is 1.22 bits per heavy atom. The molecule has 0 fully saturated rings. The Hall–Kier alpha value is -2.27. The van der Waals surface area contributed by atoms with Crippen LogP contribution >= 0.6 is 11.8 Å². The van der Waals surface area contributed by atoms with Gasteiger partial charge in [-0.1, -0.05) is 35.9 Å². The number of rotatable bonds is 8. The average Bonchev–Trinajstić information content (AvgIpc) is 3.08. The van der Waals surface area contributed by atoms with Gasteiger partial charge in [0.25, 0.3) is 0 Å². The third kappa shape index (κ3) is 5.13. The van der Waals surface area contributed by atoms with Gasteiger partial charge in [-0.15, -0.1) is 0 Å². The van der Waals surface area contributed by atoms with Gasteiger partial charge < -0.3 is 10.3 Å². The van der Waals surface area contributed by atoms with Crippen molar-refractivity contribution in [2.24, 2.45) is 0 Å². The Morgan fingerprint density at radius 3 is 2.78 bits per heavy atom. The van der Waals surface area contributed by atoms with Crippen LogP contribution in [0.15, 0.2) is 42.5 Å². The van der Waals surface area contributed by atoms with Gasteiger partial charge in [-0.05, 0) is 62.0 Å². The van der Waals surface area contributed by atoms with Crippen LogP contribution in [-0.2, 0) is 11.2 Å². The second-order valence-electron chi connectivity index (χ2n) is 6.97. The van der Waals surface area contributed by atoms with E-state index in [1.54, 1.807) is 11.8 Å². The van der Waals surface area contributed by atoms with Gasteiger partial charge in [-0.25, -0.2) is 4.98 Å². The summed E-state index contributed by atoms with van der Waals surface area (Å²) in [6, 6.07) is 14.3. The van der Waals surface area contributed by atoms with Crippen molar-refractivity contribution in [2.45, 2.75) is 39.2 Å². The number of carbonyl (C=O) groups excluding carboxylic acids is 1. The van der Waals surface area contributed by atoms with E-state index in [0.717, 1.165) is 35.5 Å². The first-order valence-electron chi connectivity index (χ1n) is 9.36. The Bertz CT molecular complexity index is 886. The molecule has 4 nitrogen and oxygen atoms in total. The predicted octanol–water partition coefficient (Wildman–Crippen LogP) is 4.72. The fourth-order valence-corrected chi connectivity index (χ4v) is 3.76. The zero-order valence-corrected chi connectivity index (χ0v) is 17.0. The highest BCUT2D eigenvalue weighted by Crippen LogP contribution is 2.20. The number of nitrogens with one attached hydrogen (secondary N) is 2. The number of aryl methyl sites for hydroxylation is 3. The number of aromatic nitrogens is 2. The van der Waals surface area contributed by atoms with Crippen molar-refractivity contribution in [2.75, 3.05) is 12.0 Å². The molecule has 1 aromatic heterocycles. The molecule has 142 valence electrons. The molecule has 0 bridgehead atoms. The van der Waals surface area contributed by atoms with E-state index < -0.39 is 0 Å². The molecule has 1 heterocycles. The molecule has 3 rings (SSSR count). The molecule has 5 heteroatoms. The summed E-state index contributed by atoms with van der Waals surface area (Å²) in [5, 5.41) is 3.18. The summed E-state index contributed by atoms with van der Waals surface area (Å²) in [5.74, 6) is 1.88. The van der Waals surface area contributed by atoms with Crippen molar-refractivity contribution in [3.8, 4) is 0 Å². The van der Waals surface area contributed by atoms with Crippen LogP contribution in [0.2, 0.25) is 0 Å². The second-order valence-corrected chi connectivity index (χ2v) is 7.96. The van der Waals surface area contributed by atoms with Gasteiger partial charge >= 0.3 is 0 Å². The smallest absolute Gasteiger partial charge is 0.220 e. The predicted molar refractivity (Wildman–Crippen MR) is 114 cm³/mol. The lowest BCUT2D eigenvalue weighted by atomic mass is 10.0. The molecule has 0 aliphatic carbocycles. The summed E-state index contributed by atoms with van der Waals surface area (Å²) in [7, 11) is 0. The monoisotopic (exact) mass is 381 g/mol. The number of benzene rings is 2. The highest BCUT2D eigenvalue weighted by atomic mass is 32.2. The maximum absolute atomic E-state index is 12.6. The minimum atomic E-state index is -0.0866. The number of carbonyl (C=O) groups is 1. The first-order chi connectivity index (χ1) is 13.1. The summed E-state index contributed by atoms with van der Waals surface area (Å²) in [5.41, 5.74) is 5.68. The van der Waals surface area contributed by atoms with Crippen LogP contribution in [-0.4, -0.2) is 27.9 Å². The van der Waals surface area contributed by atoms with Crippen LogP contribution in [0, 0.1) is 13.8 Å². The van der Waals surface area contributed by atoms with Crippen molar-refractivity contribution in [3.63, 3.8) is 0 Å². The van der Waals surface area contributed by atoms with Gasteiger partial charge in [0.2, 0.25) is 5.91 Å². The third-order valence-corrected chi connectivity index (χ3v) is 5.45. The number of amides is 1. The van der Waals surface area contributed by atoms with Crippen molar-refractivity contribution >= 4 is 28.7 Å². The molecule has 27 heavy (non-hydrogen) atoms. The van der Waals surface area contributed by atoms with Gasteiger partial charge in [-0.2, -0.15) is 11.8 Å². The highest BCUT2D eigenvalue weighted by Gasteiger charge is 2.18. The number of hydrogen-bond acceptors (Lipinski definition) is 3. The fraction of sp³-hybridized carbons (Fsp3) is 0.364. The van der Waals surface area contributed by atoms with E-state index in [2.05, 4.69) is 53.6 Å². The van der Waals surface area contributed by atoms with E-state index in [9.17, 15) is 4.79 Å². The summed E-state index contributed by atoms with van der Waals surface area (Å²) in [4.78, 5) is 20.6. The average molecular weight is 382 g/mol. The fourth-order valence-electron chi connectivity index (χ4n) is 3.29. The van der Waals surface area contributed by atoms with Gasteiger partial charge in [0.15, 0.2) is 0 Å². The number of para-hydroxylation sites is 2. The van der Waals surface area contributed by atoms with Gasteiger partial charge in [0, 0.05) is 6.42 Å². The summed E-state index contributed by atoms with van der Waals surface area (Å²) < 4.78 is 0. The van der Waals surface area contributed by atoms with Crippen LogP contribution < -0.4 is 5.32 Å². The molecule has 3 aromatic rings. The number of aromatic amines is 1. The lowest BCUT2D eigenvalue weighted by Gasteiger charge is -2.16. The van der Waals surface area contributed by atoms with Crippen LogP contribution in [0.25, 0.3) is 11.0 Å². The lowest BCUT2D eigenvalue weighted by Crippen LogP contribution is -2.30. The number of hydrogen-bond donors (Lipinski definition) is 2. The summed E-state index contributed by atoms with van der Waals surface area (Å²) in [6.07, 6.45) is 4.18. The Morgan fingerprint density at radius 2 is 2.04 bits per heavy atom. The van der Waals surface area contributed by atoms with Crippen LogP contribution in [0.1, 0.15) is 41.4 Å². The van der Waals surface area contributed by atoms with E-state index in [0.29, 0.717) is 6.42 Å². The molecular formula is C22H27N3OS. The second kappa shape index (κ2) is 9.09. The first kappa shape index (κ1) is 19.5. The Balaban J connectivity index is 1.67. The Labute approximate surface area is 165 Å². The number of fused-ring (bicyclic) bond motifs is 1. The highest BCUT2D eigenvalue weighted by molar-refractivity contribution is 7.98. The normalized spacial score (nSPS) is 12.3. The standard InChI is InChI=1S/C22H27N3OS/c1-15-8-9-17(16(2)14-15)10-11-21(26)23-20(12-13-27-3)22-24-18-6-4-5-7-19(18)25-22/h4-9,14,20H,10-13H2,1-3H3,(H,23,26)(H,24,25). The number of imidazole rings is 1. The van der Waals surface area contributed by atoms with Crippen LogP contribution in [0.3, 0.4) is 0 Å². The molecule has 1 atom stereocenters. The maximum Gasteiger partial charge on any atom is 0.220 e. The van der Waals surface area contributed by atoms with Crippen molar-refractivity contribution in [1.29, 1.82) is 0 Å². The van der Waals surface area contributed by atoms with Crippen LogP contribution in [0.5, 0.6) is 0 Å². The summed E-state index contributed by atoms with van der Waals surface area (Å²) >= 11 is 1.78. The minimum absolute atomic E-state index is 0.0709. The van der Waals surface area contributed by atoms with Crippen molar-refractivity contribution in [1.82, 2.24) is 15.3 Å². The molecule has 0 radical (unpaired) electrons. The lowest BCUT2D eigenvalue weighted by molar-refractivity contribution is -0.121. The largest absolute Gasteiger partial charge is 0.346 e. The minimum Gasteiger partial charge on any atom is -0.346 e. The number of H-pyrrole nitrogens is 1. The van der Waals surface area contributed by atoms with Gasteiger partial charge in [-0.3, -0.25) is 4.79 Å². The van der Waals surface area contributed by atoms with E-state index in [4.69, 9.17) is 0 Å². The molecule has 1 unspecified atom stereocenters. The SMILES string of the molecule is CSCCC(NC(=O)CCc1ccc(C)cc1C)c1nc2ccccc2[nH]1. The topological polar surface area (TPSA) is 57.8 Å². The molecule has 1 amide bonds. The van der Waals surface area contributed by atoms with E-state index >= 15 is 0 Å². The number of thioether (sulfide) groups is 1. The van der Waals surface area contributed by atoms with Gasteiger partial charge in [0.1, 0.15) is 5.82 Å². The van der Waals surface area contributed by atoms with Crippen molar-refractivity contribution < 1.29 is 4.79 Å². The first-order valence-corrected chi connectivity index (χ1v) is 10.8. The quantitative estimate of drug-likeness (QED) is 0.593. The molecule has 0 saturated carbocycles. The zero-order valence-electron chi connectivity index (χ0n) is 16.2. The van der Waals surface area contributed by atoms with E-state index in [1.165, 1.54) is 16.7 Å². The summed E-state index contributed by atoms with van der Waals surface area (Å²) in [6.45, 7) is 4.20. The maximum atomic E-state index is 12.6. The third-order valence-electron chi connectivity index (χ3n) is 4.80. The van der Waals surface area contributed by atoms with E-state index in [-0.39, 0.29) is 11.9 Å².